The summed E-state index contributed by atoms with van der Waals surface area (Å²) in [5.74, 6) is 1.87. The lowest BCUT2D eigenvalue weighted by Crippen LogP contribution is -2.21. The van der Waals surface area contributed by atoms with Gasteiger partial charge in [-0.3, -0.25) is 5.10 Å². The highest BCUT2D eigenvalue weighted by atomic mass is 16.5. The maximum absolute atomic E-state index is 5.42. The molecule has 0 spiro atoms. The molecule has 0 amide bonds. The maximum atomic E-state index is 5.42. The highest BCUT2D eigenvalue weighted by Gasteiger charge is 2.10. The minimum atomic E-state index is 0.263. The molecule has 1 atom stereocenters. The van der Waals surface area contributed by atoms with Gasteiger partial charge in [-0.1, -0.05) is 17.7 Å². The summed E-state index contributed by atoms with van der Waals surface area (Å²) < 4.78 is 5.42. The second-order valence-corrected chi connectivity index (χ2v) is 4.96. The molecule has 0 aliphatic carbocycles. The van der Waals surface area contributed by atoms with E-state index in [4.69, 9.17) is 4.74 Å². The summed E-state index contributed by atoms with van der Waals surface area (Å²) in [5, 5.41) is 10.2. The number of nitrogens with one attached hydrogen (secondary N) is 2. The first kappa shape index (κ1) is 14.5. The summed E-state index contributed by atoms with van der Waals surface area (Å²) >= 11 is 0. The van der Waals surface area contributed by atoms with E-state index in [1.807, 2.05) is 6.07 Å². The van der Waals surface area contributed by atoms with Gasteiger partial charge in [0.15, 0.2) is 0 Å². The monoisotopic (exact) mass is 274 g/mol. The van der Waals surface area contributed by atoms with Crippen molar-refractivity contribution in [2.45, 2.75) is 32.7 Å². The van der Waals surface area contributed by atoms with Crippen LogP contribution in [0.25, 0.3) is 0 Å². The van der Waals surface area contributed by atoms with Crippen molar-refractivity contribution in [2.24, 2.45) is 0 Å². The van der Waals surface area contributed by atoms with Crippen molar-refractivity contribution in [1.82, 2.24) is 20.5 Å². The molecule has 1 aromatic carbocycles. The van der Waals surface area contributed by atoms with E-state index in [-0.39, 0.29) is 6.04 Å². The first-order chi connectivity index (χ1) is 9.70. The maximum Gasteiger partial charge on any atom is 0.137 e. The van der Waals surface area contributed by atoms with Crippen LogP contribution in [0.5, 0.6) is 5.75 Å². The lowest BCUT2D eigenvalue weighted by Gasteiger charge is -2.17. The molecule has 5 heteroatoms. The number of methoxy groups -OCH3 is 1. The Morgan fingerprint density at radius 1 is 1.40 bits per heavy atom. The summed E-state index contributed by atoms with van der Waals surface area (Å²) in [4.78, 5) is 4.12. The van der Waals surface area contributed by atoms with Crippen LogP contribution < -0.4 is 10.1 Å². The molecule has 0 radical (unpaired) electrons. The van der Waals surface area contributed by atoms with Gasteiger partial charge in [0.05, 0.1) is 7.11 Å². The highest BCUT2D eigenvalue weighted by Crippen LogP contribution is 2.25. The Morgan fingerprint density at radius 3 is 2.95 bits per heavy atom. The quantitative estimate of drug-likeness (QED) is 0.761. The molecular weight excluding hydrogens is 252 g/mol. The lowest BCUT2D eigenvalue weighted by molar-refractivity contribution is 0.401. The van der Waals surface area contributed by atoms with Crippen LogP contribution in [0.4, 0.5) is 0 Å². The predicted molar refractivity (Wildman–Crippen MR) is 78.9 cm³/mol. The molecule has 0 aliphatic rings. The number of rotatable bonds is 7. The number of benzene rings is 1. The summed E-state index contributed by atoms with van der Waals surface area (Å²) in [6, 6.07) is 6.53. The van der Waals surface area contributed by atoms with Crippen LogP contribution in [0.15, 0.2) is 24.5 Å². The number of aromatic nitrogens is 3. The van der Waals surface area contributed by atoms with Crippen LogP contribution in [-0.2, 0) is 6.42 Å². The standard InChI is InChI=1S/C15H22N4O/c1-11-6-7-14(20-3)13(9-11)12(2)16-8-4-5-15-17-10-18-19-15/h6-7,9-10,12,16H,4-5,8H2,1-3H3,(H,17,18,19). The largest absolute Gasteiger partial charge is 0.496 e. The molecule has 2 aromatic rings. The Labute approximate surface area is 119 Å². The Bertz CT molecular complexity index is 525. The molecular formula is C15H22N4O. The average Bonchev–Trinajstić information content (AvgIpc) is 2.96. The number of nitrogens with zero attached hydrogens (tertiary/aromatic N) is 2. The Morgan fingerprint density at radius 2 is 2.25 bits per heavy atom. The van der Waals surface area contributed by atoms with Crippen LogP contribution in [0.1, 0.15) is 36.3 Å². The zero-order chi connectivity index (χ0) is 14.4. The molecule has 1 heterocycles. The van der Waals surface area contributed by atoms with Crippen LogP contribution in [-0.4, -0.2) is 28.8 Å². The van der Waals surface area contributed by atoms with Crippen LogP contribution in [0.2, 0.25) is 0 Å². The fourth-order valence-corrected chi connectivity index (χ4v) is 2.23. The van der Waals surface area contributed by atoms with Crippen molar-refractivity contribution in [2.75, 3.05) is 13.7 Å². The molecule has 2 N–H and O–H groups in total. The van der Waals surface area contributed by atoms with E-state index < -0.39 is 0 Å². The van der Waals surface area contributed by atoms with E-state index in [2.05, 4.69) is 46.5 Å². The predicted octanol–water partition coefficient (Wildman–Crippen LogP) is 2.41. The van der Waals surface area contributed by atoms with E-state index >= 15 is 0 Å². The van der Waals surface area contributed by atoms with E-state index in [0.29, 0.717) is 0 Å². The Hall–Kier alpha value is -1.88. The van der Waals surface area contributed by atoms with E-state index in [1.54, 1.807) is 13.4 Å². The minimum Gasteiger partial charge on any atom is -0.496 e. The van der Waals surface area contributed by atoms with Gasteiger partial charge in [-0.15, -0.1) is 0 Å². The molecule has 108 valence electrons. The van der Waals surface area contributed by atoms with Gasteiger partial charge in [0.25, 0.3) is 0 Å². The lowest BCUT2D eigenvalue weighted by atomic mass is 10.0. The Kier molecular flexibility index (Phi) is 5.12. The number of aromatic amines is 1. The van der Waals surface area contributed by atoms with Crippen molar-refractivity contribution in [3.05, 3.63) is 41.5 Å². The van der Waals surface area contributed by atoms with E-state index in [0.717, 1.165) is 31.0 Å². The molecule has 0 fully saturated rings. The molecule has 2 rings (SSSR count). The van der Waals surface area contributed by atoms with Gasteiger partial charge in [-0.25, -0.2) is 4.98 Å². The van der Waals surface area contributed by atoms with Crippen molar-refractivity contribution >= 4 is 0 Å². The fourth-order valence-electron chi connectivity index (χ4n) is 2.23. The third-order valence-corrected chi connectivity index (χ3v) is 3.36. The second-order valence-electron chi connectivity index (χ2n) is 4.96. The zero-order valence-corrected chi connectivity index (χ0v) is 12.3. The average molecular weight is 274 g/mol. The minimum absolute atomic E-state index is 0.263. The summed E-state index contributed by atoms with van der Waals surface area (Å²) in [5.41, 5.74) is 2.45. The number of hydrogen-bond acceptors (Lipinski definition) is 4. The molecule has 0 saturated heterocycles. The van der Waals surface area contributed by atoms with Gasteiger partial charge in [-0.2, -0.15) is 5.10 Å². The molecule has 0 aliphatic heterocycles. The van der Waals surface area contributed by atoms with Crippen molar-refractivity contribution in [3.8, 4) is 5.75 Å². The van der Waals surface area contributed by atoms with Gasteiger partial charge in [0, 0.05) is 18.0 Å². The fraction of sp³-hybridized carbons (Fsp3) is 0.467. The second kappa shape index (κ2) is 7.05. The zero-order valence-electron chi connectivity index (χ0n) is 12.3. The van der Waals surface area contributed by atoms with Gasteiger partial charge in [0.1, 0.15) is 17.9 Å². The third-order valence-electron chi connectivity index (χ3n) is 3.36. The summed E-state index contributed by atoms with van der Waals surface area (Å²) in [6.07, 6.45) is 3.47. The number of H-pyrrole nitrogens is 1. The van der Waals surface area contributed by atoms with E-state index in [1.165, 1.54) is 11.1 Å². The first-order valence-corrected chi connectivity index (χ1v) is 6.93. The number of ether oxygens (including phenoxy) is 1. The topological polar surface area (TPSA) is 62.8 Å². The molecule has 0 saturated carbocycles. The summed E-state index contributed by atoms with van der Waals surface area (Å²) in [7, 11) is 1.71. The SMILES string of the molecule is COc1ccc(C)cc1C(C)NCCCc1ncn[nH]1. The summed E-state index contributed by atoms with van der Waals surface area (Å²) in [6.45, 7) is 5.18. The first-order valence-electron chi connectivity index (χ1n) is 6.93. The van der Waals surface area contributed by atoms with Gasteiger partial charge < -0.3 is 10.1 Å². The van der Waals surface area contributed by atoms with Crippen molar-refractivity contribution in [3.63, 3.8) is 0 Å². The molecule has 1 unspecified atom stereocenters. The van der Waals surface area contributed by atoms with E-state index in [9.17, 15) is 0 Å². The number of hydrogen-bond donors (Lipinski definition) is 2. The molecule has 0 bridgehead atoms. The number of aryl methyl sites for hydroxylation is 2. The van der Waals surface area contributed by atoms with Gasteiger partial charge >= 0.3 is 0 Å². The van der Waals surface area contributed by atoms with Crippen molar-refractivity contribution in [1.29, 1.82) is 0 Å². The normalized spacial score (nSPS) is 12.3. The molecule has 20 heavy (non-hydrogen) atoms. The Balaban J connectivity index is 1.85. The van der Waals surface area contributed by atoms with Gasteiger partial charge in [-0.05, 0) is 32.9 Å². The van der Waals surface area contributed by atoms with Crippen LogP contribution in [0.3, 0.4) is 0 Å². The van der Waals surface area contributed by atoms with Gasteiger partial charge in [0.2, 0.25) is 0 Å². The third kappa shape index (κ3) is 3.81. The molecule has 1 aromatic heterocycles. The van der Waals surface area contributed by atoms with Crippen LogP contribution >= 0.6 is 0 Å². The van der Waals surface area contributed by atoms with Crippen LogP contribution in [0, 0.1) is 6.92 Å². The highest BCUT2D eigenvalue weighted by molar-refractivity contribution is 5.38. The smallest absolute Gasteiger partial charge is 0.137 e. The molecule has 5 nitrogen and oxygen atoms in total. The van der Waals surface area contributed by atoms with Crippen molar-refractivity contribution < 1.29 is 4.74 Å².